The first-order chi connectivity index (χ1) is 6.24. The molecule has 3 heteroatoms. The van der Waals surface area contributed by atoms with Gasteiger partial charge < -0.3 is 15.5 Å². The van der Waals surface area contributed by atoms with E-state index in [0.29, 0.717) is 18.5 Å². The molecule has 1 aromatic rings. The predicted molar refractivity (Wildman–Crippen MR) is 53.2 cm³/mol. The molecule has 1 unspecified atom stereocenters. The van der Waals surface area contributed by atoms with Crippen LogP contribution in [0.4, 0.5) is 0 Å². The third kappa shape index (κ3) is 3.20. The van der Waals surface area contributed by atoms with Crippen LogP contribution >= 0.6 is 0 Å². The average Bonchev–Trinajstić information content (AvgIpc) is 2.57. The molecule has 0 spiro atoms. The lowest BCUT2D eigenvalue weighted by Gasteiger charge is -2.19. The minimum Gasteiger partial charge on any atom is -0.468 e. The smallest absolute Gasteiger partial charge is 0.117 e. The molecule has 0 radical (unpaired) electrons. The van der Waals surface area contributed by atoms with Crippen LogP contribution in [0.2, 0.25) is 0 Å². The lowest BCUT2D eigenvalue weighted by Crippen LogP contribution is -2.39. The molecule has 0 aliphatic rings. The molecule has 1 heterocycles. The number of nitrogens with one attached hydrogen (secondary N) is 1. The highest BCUT2D eigenvalue weighted by molar-refractivity contribution is 4.97. The molecule has 0 saturated carbocycles. The van der Waals surface area contributed by atoms with Crippen molar-refractivity contribution >= 4 is 0 Å². The van der Waals surface area contributed by atoms with Gasteiger partial charge in [-0.15, -0.1) is 0 Å². The Labute approximate surface area is 79.3 Å². The van der Waals surface area contributed by atoms with Gasteiger partial charge in [0.15, 0.2) is 0 Å². The second kappa shape index (κ2) is 5.04. The van der Waals surface area contributed by atoms with Crippen LogP contribution in [0.5, 0.6) is 0 Å². The zero-order valence-corrected chi connectivity index (χ0v) is 8.29. The van der Waals surface area contributed by atoms with Crippen LogP contribution in [0.25, 0.3) is 0 Å². The molecule has 0 fully saturated rings. The highest BCUT2D eigenvalue weighted by Gasteiger charge is 2.10. The summed E-state index contributed by atoms with van der Waals surface area (Å²) in [5, 5.41) is 3.35. The zero-order valence-electron chi connectivity index (χ0n) is 8.29. The van der Waals surface area contributed by atoms with Crippen molar-refractivity contribution in [2.24, 2.45) is 11.7 Å². The molecule has 0 aliphatic heterocycles. The predicted octanol–water partition coefficient (Wildman–Crippen LogP) is 1.35. The molecular formula is C10H18N2O. The minimum absolute atomic E-state index is 0.366. The molecule has 0 bridgehead atoms. The van der Waals surface area contributed by atoms with Crippen LogP contribution in [0, 0.1) is 5.92 Å². The van der Waals surface area contributed by atoms with Crippen molar-refractivity contribution in [3.05, 3.63) is 24.2 Å². The van der Waals surface area contributed by atoms with E-state index in [-0.39, 0.29) is 0 Å². The van der Waals surface area contributed by atoms with Crippen LogP contribution < -0.4 is 11.1 Å². The third-order valence-corrected chi connectivity index (χ3v) is 2.18. The fourth-order valence-electron chi connectivity index (χ4n) is 1.24. The summed E-state index contributed by atoms with van der Waals surface area (Å²) < 4.78 is 5.20. The van der Waals surface area contributed by atoms with Gasteiger partial charge in [-0.3, -0.25) is 0 Å². The Kier molecular flexibility index (Phi) is 3.99. The Hall–Kier alpha value is -0.800. The van der Waals surface area contributed by atoms with Gasteiger partial charge >= 0.3 is 0 Å². The molecular weight excluding hydrogens is 164 g/mol. The molecule has 74 valence electrons. The Bertz CT molecular complexity index is 219. The number of hydrogen-bond acceptors (Lipinski definition) is 3. The maximum atomic E-state index is 5.62. The topological polar surface area (TPSA) is 51.2 Å². The molecule has 3 N–H and O–H groups in total. The summed E-state index contributed by atoms with van der Waals surface area (Å²) in [4.78, 5) is 0. The molecule has 13 heavy (non-hydrogen) atoms. The summed E-state index contributed by atoms with van der Waals surface area (Å²) in [6, 6.07) is 4.22. The minimum atomic E-state index is 0.366. The summed E-state index contributed by atoms with van der Waals surface area (Å²) in [7, 11) is 0. The van der Waals surface area contributed by atoms with E-state index in [4.69, 9.17) is 10.2 Å². The first-order valence-electron chi connectivity index (χ1n) is 4.70. The van der Waals surface area contributed by atoms with Gasteiger partial charge in [0.05, 0.1) is 12.8 Å². The molecule has 1 atom stereocenters. The summed E-state index contributed by atoms with van der Waals surface area (Å²) in [5.74, 6) is 1.51. The van der Waals surface area contributed by atoms with Gasteiger partial charge in [-0.05, 0) is 18.1 Å². The van der Waals surface area contributed by atoms with E-state index < -0.39 is 0 Å². The molecule has 3 nitrogen and oxygen atoms in total. The molecule has 0 aliphatic carbocycles. The van der Waals surface area contributed by atoms with Gasteiger partial charge in [0.25, 0.3) is 0 Å². The maximum Gasteiger partial charge on any atom is 0.117 e. The highest BCUT2D eigenvalue weighted by atomic mass is 16.3. The summed E-state index contributed by atoms with van der Waals surface area (Å²) in [5.41, 5.74) is 5.62. The van der Waals surface area contributed by atoms with E-state index in [1.807, 2.05) is 12.1 Å². The van der Waals surface area contributed by atoms with Gasteiger partial charge in [0, 0.05) is 12.6 Å². The number of furan rings is 1. The van der Waals surface area contributed by atoms with E-state index in [0.717, 1.165) is 12.3 Å². The molecule has 1 rings (SSSR count). The van der Waals surface area contributed by atoms with Gasteiger partial charge in [-0.25, -0.2) is 0 Å². The van der Waals surface area contributed by atoms with Gasteiger partial charge in [-0.1, -0.05) is 13.8 Å². The summed E-state index contributed by atoms with van der Waals surface area (Å²) in [6.45, 7) is 5.74. The molecule has 0 aromatic carbocycles. The number of rotatable bonds is 5. The maximum absolute atomic E-state index is 5.62. The fraction of sp³-hybridized carbons (Fsp3) is 0.600. The van der Waals surface area contributed by atoms with E-state index in [1.165, 1.54) is 0 Å². The van der Waals surface area contributed by atoms with Crippen molar-refractivity contribution in [1.82, 2.24) is 5.32 Å². The van der Waals surface area contributed by atoms with E-state index >= 15 is 0 Å². The molecule has 0 amide bonds. The van der Waals surface area contributed by atoms with Gasteiger partial charge in [-0.2, -0.15) is 0 Å². The average molecular weight is 182 g/mol. The van der Waals surface area contributed by atoms with Crippen LogP contribution in [-0.4, -0.2) is 12.6 Å². The van der Waals surface area contributed by atoms with Crippen molar-refractivity contribution in [3.63, 3.8) is 0 Å². The Morgan fingerprint density at radius 1 is 1.54 bits per heavy atom. The first kappa shape index (κ1) is 10.3. The van der Waals surface area contributed by atoms with Crippen molar-refractivity contribution in [2.45, 2.75) is 26.4 Å². The number of nitrogens with two attached hydrogens (primary N) is 1. The SMILES string of the molecule is CC(C)C(CN)NCc1ccco1. The Balaban J connectivity index is 2.32. The number of hydrogen-bond donors (Lipinski definition) is 2. The van der Waals surface area contributed by atoms with Gasteiger partial charge in [0.1, 0.15) is 5.76 Å². The van der Waals surface area contributed by atoms with Crippen molar-refractivity contribution in [2.75, 3.05) is 6.54 Å². The second-order valence-electron chi connectivity index (χ2n) is 3.55. The Morgan fingerprint density at radius 2 is 2.31 bits per heavy atom. The fourth-order valence-corrected chi connectivity index (χ4v) is 1.24. The van der Waals surface area contributed by atoms with Crippen LogP contribution in [0.1, 0.15) is 19.6 Å². The standard InChI is InChI=1S/C10H18N2O/c1-8(2)10(6-11)12-7-9-4-3-5-13-9/h3-5,8,10,12H,6-7,11H2,1-2H3. The third-order valence-electron chi connectivity index (χ3n) is 2.18. The monoisotopic (exact) mass is 182 g/mol. The Morgan fingerprint density at radius 3 is 2.77 bits per heavy atom. The first-order valence-corrected chi connectivity index (χ1v) is 4.70. The van der Waals surface area contributed by atoms with E-state index in [1.54, 1.807) is 6.26 Å². The van der Waals surface area contributed by atoms with E-state index in [2.05, 4.69) is 19.2 Å². The normalized spacial score (nSPS) is 13.5. The van der Waals surface area contributed by atoms with Crippen molar-refractivity contribution in [3.8, 4) is 0 Å². The van der Waals surface area contributed by atoms with Crippen molar-refractivity contribution in [1.29, 1.82) is 0 Å². The quantitative estimate of drug-likeness (QED) is 0.722. The highest BCUT2D eigenvalue weighted by Crippen LogP contribution is 2.03. The largest absolute Gasteiger partial charge is 0.468 e. The molecule has 0 saturated heterocycles. The molecule has 1 aromatic heterocycles. The second-order valence-corrected chi connectivity index (χ2v) is 3.55. The van der Waals surface area contributed by atoms with Crippen LogP contribution in [0.15, 0.2) is 22.8 Å². The van der Waals surface area contributed by atoms with Crippen LogP contribution in [0.3, 0.4) is 0 Å². The van der Waals surface area contributed by atoms with Gasteiger partial charge in [0.2, 0.25) is 0 Å². The lowest BCUT2D eigenvalue weighted by atomic mass is 10.1. The summed E-state index contributed by atoms with van der Waals surface area (Å²) >= 11 is 0. The zero-order chi connectivity index (χ0) is 9.68. The lowest BCUT2D eigenvalue weighted by molar-refractivity contribution is 0.380. The summed E-state index contributed by atoms with van der Waals surface area (Å²) in [6.07, 6.45) is 1.68. The van der Waals surface area contributed by atoms with E-state index in [9.17, 15) is 0 Å². The van der Waals surface area contributed by atoms with Crippen LogP contribution in [-0.2, 0) is 6.54 Å². The van der Waals surface area contributed by atoms with Crippen molar-refractivity contribution < 1.29 is 4.42 Å².